The van der Waals surface area contributed by atoms with E-state index in [1.807, 2.05) is 34.6 Å². The van der Waals surface area contributed by atoms with E-state index in [2.05, 4.69) is 10.6 Å². The fraction of sp³-hybridized carbons (Fsp3) is 0.842. The summed E-state index contributed by atoms with van der Waals surface area (Å²) in [4.78, 5) is 38.0. The van der Waals surface area contributed by atoms with Gasteiger partial charge in [-0.1, -0.05) is 34.6 Å². The summed E-state index contributed by atoms with van der Waals surface area (Å²) in [5.41, 5.74) is 1.28. The normalized spacial score (nSPS) is 20.7. The second kappa shape index (κ2) is 10.3. The highest BCUT2D eigenvalue weighted by Gasteiger charge is 2.42. The van der Waals surface area contributed by atoms with Crippen molar-refractivity contribution in [1.29, 1.82) is 0 Å². The van der Waals surface area contributed by atoms with Crippen molar-refractivity contribution in [2.75, 3.05) is 18.6 Å². The molecule has 1 aliphatic rings. The Balaban J connectivity index is 3.16. The molecule has 1 heterocycles. The van der Waals surface area contributed by atoms with Crippen molar-refractivity contribution in [2.45, 2.75) is 53.5 Å². The summed E-state index contributed by atoms with van der Waals surface area (Å²) in [6.45, 7) is 9.65. The van der Waals surface area contributed by atoms with Gasteiger partial charge < -0.3 is 10.6 Å². The second-order valence-corrected chi connectivity index (χ2v) is 9.93. The molecule has 1 rings (SSSR count). The lowest BCUT2D eigenvalue weighted by Crippen LogP contribution is -2.56. The Kier molecular flexibility index (Phi) is 9.08. The van der Waals surface area contributed by atoms with E-state index in [4.69, 9.17) is 0 Å². The van der Waals surface area contributed by atoms with Crippen molar-refractivity contribution in [3.63, 3.8) is 0 Å². The van der Waals surface area contributed by atoms with Crippen LogP contribution in [0, 0.1) is 29.1 Å². The minimum Gasteiger partial charge on any atom is -0.357 e. The summed E-state index contributed by atoms with van der Waals surface area (Å²) in [6, 6.07) is -0.708. The van der Waals surface area contributed by atoms with Crippen LogP contribution >= 0.6 is 11.8 Å². The van der Waals surface area contributed by atoms with Crippen molar-refractivity contribution in [3.8, 4) is 0 Å². The van der Waals surface area contributed by atoms with Gasteiger partial charge in [-0.25, -0.2) is 5.48 Å². The van der Waals surface area contributed by atoms with Crippen molar-refractivity contribution in [3.05, 3.63) is 0 Å². The molecule has 0 bridgehead atoms. The number of rotatable bonds is 8. The van der Waals surface area contributed by atoms with Crippen LogP contribution in [0.3, 0.4) is 0 Å². The van der Waals surface area contributed by atoms with Gasteiger partial charge in [0.15, 0.2) is 0 Å². The maximum Gasteiger partial charge on any atom is 0.247 e. The third-order valence-electron chi connectivity index (χ3n) is 5.04. The molecule has 4 atom stereocenters. The summed E-state index contributed by atoms with van der Waals surface area (Å²) in [7, 11) is 1.54. The third kappa shape index (κ3) is 6.68. The largest absolute Gasteiger partial charge is 0.357 e. The average molecular weight is 402 g/mol. The molecule has 0 aromatic heterocycles. The highest BCUT2D eigenvalue weighted by Crippen LogP contribution is 2.37. The van der Waals surface area contributed by atoms with Gasteiger partial charge in [-0.05, 0) is 41.6 Å². The fourth-order valence-electron chi connectivity index (χ4n) is 3.63. The average Bonchev–Trinajstić information content (AvgIpc) is 3.10. The van der Waals surface area contributed by atoms with Crippen molar-refractivity contribution in [2.24, 2.45) is 29.1 Å². The number of hydroxylamine groups is 1. The van der Waals surface area contributed by atoms with E-state index in [-0.39, 0.29) is 23.7 Å². The number of amides is 3. The van der Waals surface area contributed by atoms with Gasteiger partial charge in [0.25, 0.3) is 0 Å². The van der Waals surface area contributed by atoms with E-state index in [0.717, 1.165) is 17.9 Å². The summed E-state index contributed by atoms with van der Waals surface area (Å²) < 4.78 is 0. The molecular formula is C19H35N3O4S. The Morgan fingerprint density at radius 2 is 1.78 bits per heavy atom. The zero-order valence-electron chi connectivity index (χ0n) is 17.3. The highest BCUT2D eigenvalue weighted by molar-refractivity contribution is 7.99. The molecule has 1 unspecified atom stereocenters. The van der Waals surface area contributed by atoms with Crippen LogP contribution in [0.1, 0.15) is 47.5 Å². The van der Waals surface area contributed by atoms with Crippen LogP contribution in [0.2, 0.25) is 0 Å². The minimum absolute atomic E-state index is 0.0322. The quantitative estimate of drug-likeness (QED) is 0.366. The zero-order valence-corrected chi connectivity index (χ0v) is 18.1. The van der Waals surface area contributed by atoms with Gasteiger partial charge >= 0.3 is 0 Å². The molecule has 3 amide bonds. The molecule has 8 heteroatoms. The van der Waals surface area contributed by atoms with Crippen LogP contribution < -0.4 is 16.1 Å². The number of carbonyl (C=O) groups is 3. The molecule has 0 aromatic rings. The van der Waals surface area contributed by atoms with Crippen molar-refractivity contribution in [1.82, 2.24) is 16.1 Å². The van der Waals surface area contributed by atoms with Gasteiger partial charge in [-0.2, -0.15) is 11.8 Å². The van der Waals surface area contributed by atoms with E-state index in [1.165, 1.54) is 7.05 Å². The van der Waals surface area contributed by atoms with Crippen LogP contribution in [0.4, 0.5) is 0 Å². The summed E-state index contributed by atoms with van der Waals surface area (Å²) in [5.74, 6) is -0.349. The van der Waals surface area contributed by atoms with Crippen LogP contribution in [-0.4, -0.2) is 47.5 Å². The Labute approximate surface area is 166 Å². The minimum atomic E-state index is -0.708. The predicted molar refractivity (Wildman–Crippen MR) is 107 cm³/mol. The maximum atomic E-state index is 13.2. The standard InChI is InChI=1S/C19H35N3O4S/c1-11(2)9-13(14(17(24)22-26)12-7-8-27-10-12)16(23)21-15(18(25)20-6)19(3,4)5/h11-15,26H,7-10H2,1-6H3,(H,20,25)(H,21,23)(H,22,24)/t12?,13-,14+,15-/m1/s1. The van der Waals surface area contributed by atoms with Crippen LogP contribution in [0.15, 0.2) is 0 Å². The summed E-state index contributed by atoms with van der Waals surface area (Å²) in [6.07, 6.45) is 1.35. The molecule has 0 saturated carbocycles. The lowest BCUT2D eigenvalue weighted by molar-refractivity contribution is -0.144. The van der Waals surface area contributed by atoms with E-state index in [1.54, 1.807) is 17.2 Å². The van der Waals surface area contributed by atoms with Crippen molar-refractivity contribution >= 4 is 29.5 Å². The molecule has 7 nitrogen and oxygen atoms in total. The van der Waals surface area contributed by atoms with Crippen LogP contribution in [0.25, 0.3) is 0 Å². The molecular weight excluding hydrogens is 366 g/mol. The number of carbonyl (C=O) groups excluding carboxylic acids is 3. The summed E-state index contributed by atoms with van der Waals surface area (Å²) in [5, 5.41) is 14.7. The Morgan fingerprint density at radius 1 is 1.15 bits per heavy atom. The highest BCUT2D eigenvalue weighted by atomic mass is 32.2. The fourth-order valence-corrected chi connectivity index (χ4v) is 4.94. The monoisotopic (exact) mass is 401 g/mol. The first kappa shape index (κ1) is 23.8. The Morgan fingerprint density at radius 3 is 2.19 bits per heavy atom. The maximum absolute atomic E-state index is 13.2. The molecule has 0 aliphatic carbocycles. The predicted octanol–water partition coefficient (Wildman–Crippen LogP) is 1.80. The zero-order chi connectivity index (χ0) is 20.8. The lowest BCUT2D eigenvalue weighted by atomic mass is 9.75. The second-order valence-electron chi connectivity index (χ2n) is 8.78. The molecule has 27 heavy (non-hydrogen) atoms. The first-order chi connectivity index (χ1) is 12.5. The van der Waals surface area contributed by atoms with Crippen LogP contribution in [0.5, 0.6) is 0 Å². The Hall–Kier alpha value is -1.28. The number of likely N-dealkylation sites (N-methyl/N-ethyl adjacent to an activating group) is 1. The van der Waals surface area contributed by atoms with Gasteiger partial charge in [-0.15, -0.1) is 0 Å². The number of thioether (sulfide) groups is 1. The molecule has 0 radical (unpaired) electrons. The molecule has 0 spiro atoms. The molecule has 156 valence electrons. The lowest BCUT2D eigenvalue weighted by Gasteiger charge is -2.34. The van der Waals surface area contributed by atoms with E-state index in [0.29, 0.717) is 6.42 Å². The molecule has 1 aliphatic heterocycles. The molecule has 1 fully saturated rings. The molecule has 1 saturated heterocycles. The van der Waals surface area contributed by atoms with Gasteiger partial charge in [0, 0.05) is 7.05 Å². The third-order valence-corrected chi connectivity index (χ3v) is 6.23. The van der Waals surface area contributed by atoms with Gasteiger partial charge in [0.2, 0.25) is 17.7 Å². The number of hydrogen-bond acceptors (Lipinski definition) is 5. The topological polar surface area (TPSA) is 108 Å². The van der Waals surface area contributed by atoms with Gasteiger partial charge in [-0.3, -0.25) is 19.6 Å². The van der Waals surface area contributed by atoms with E-state index < -0.39 is 29.2 Å². The smallest absolute Gasteiger partial charge is 0.247 e. The first-order valence-electron chi connectivity index (χ1n) is 9.56. The Bertz CT molecular complexity index is 528. The number of nitrogens with one attached hydrogen (secondary N) is 3. The SMILES string of the molecule is CNC(=O)[C@@H](NC(=O)[C@H](CC(C)C)[C@@H](C(=O)NO)C1CCSC1)C(C)(C)C. The van der Waals surface area contributed by atoms with E-state index >= 15 is 0 Å². The molecule has 4 N–H and O–H groups in total. The van der Waals surface area contributed by atoms with Gasteiger partial charge in [0.1, 0.15) is 6.04 Å². The first-order valence-corrected chi connectivity index (χ1v) is 10.7. The van der Waals surface area contributed by atoms with E-state index in [9.17, 15) is 19.6 Å². The molecule has 0 aromatic carbocycles. The summed E-state index contributed by atoms with van der Waals surface area (Å²) >= 11 is 1.76. The number of hydrogen-bond donors (Lipinski definition) is 4. The van der Waals surface area contributed by atoms with Crippen LogP contribution in [-0.2, 0) is 14.4 Å². The van der Waals surface area contributed by atoms with Crippen molar-refractivity contribution < 1.29 is 19.6 Å². The van der Waals surface area contributed by atoms with Gasteiger partial charge in [0.05, 0.1) is 11.8 Å².